The quantitative estimate of drug-likeness (QED) is 0.231. The molecule has 0 aliphatic carbocycles. The molecular weight excluding hydrogens is 408 g/mol. The lowest BCUT2D eigenvalue weighted by molar-refractivity contribution is -0.384. The van der Waals surface area contributed by atoms with E-state index in [2.05, 4.69) is 26.5 Å². The normalized spacial score (nSPS) is 11.0. The van der Waals surface area contributed by atoms with Crippen LogP contribution in [0.1, 0.15) is 35.4 Å². The molecule has 2 heterocycles. The number of fused-ring (bicyclic) bond motifs is 1. The summed E-state index contributed by atoms with van der Waals surface area (Å²) in [5.74, 6) is -0.252. The van der Waals surface area contributed by atoms with Gasteiger partial charge in [0.25, 0.3) is 11.6 Å². The fraction of sp³-hybridized carbons (Fsp3) is 0.261. The molecule has 0 bridgehead atoms. The van der Waals surface area contributed by atoms with Crippen LogP contribution in [0.15, 0.2) is 54.6 Å². The molecule has 0 unspecified atom stereocenters. The molecule has 32 heavy (non-hydrogen) atoms. The first-order valence-electron chi connectivity index (χ1n) is 10.5. The van der Waals surface area contributed by atoms with Crippen LogP contribution in [-0.2, 0) is 6.42 Å². The molecule has 0 spiro atoms. The van der Waals surface area contributed by atoms with E-state index in [1.807, 2.05) is 30.3 Å². The number of H-pyrrole nitrogens is 2. The topological polar surface area (TPSA) is 121 Å². The number of carbonyl (C=O) groups excluding carboxylic acids is 1. The first-order chi connectivity index (χ1) is 15.5. The van der Waals surface area contributed by atoms with Crippen molar-refractivity contribution in [1.29, 1.82) is 0 Å². The van der Waals surface area contributed by atoms with Gasteiger partial charge in [-0.1, -0.05) is 36.8 Å². The van der Waals surface area contributed by atoms with E-state index in [1.165, 1.54) is 12.1 Å². The van der Waals surface area contributed by atoms with Gasteiger partial charge in [-0.2, -0.15) is 10.2 Å². The molecule has 2 N–H and O–H groups in total. The predicted molar refractivity (Wildman–Crippen MR) is 121 cm³/mol. The van der Waals surface area contributed by atoms with Crippen molar-refractivity contribution in [3.8, 4) is 11.3 Å². The summed E-state index contributed by atoms with van der Waals surface area (Å²) < 4.78 is 0. The molecule has 0 saturated heterocycles. The second-order valence-electron chi connectivity index (χ2n) is 7.74. The number of nitrogens with zero attached hydrogens (tertiary/aromatic N) is 4. The maximum atomic E-state index is 12.8. The Morgan fingerprint density at radius 2 is 1.84 bits per heavy atom. The summed E-state index contributed by atoms with van der Waals surface area (Å²) >= 11 is 0. The Labute approximate surface area is 184 Å². The van der Waals surface area contributed by atoms with Crippen molar-refractivity contribution in [3.63, 3.8) is 0 Å². The molecule has 9 nitrogen and oxygen atoms in total. The SMILES string of the molecule is CN(CCCCCc1cc(-c2ccccc2)n[nH]1)C(=O)c1n[nH]c2ccc([N+](=O)[O-])cc12. The van der Waals surface area contributed by atoms with Gasteiger partial charge in [0.2, 0.25) is 0 Å². The molecule has 4 aromatic rings. The van der Waals surface area contributed by atoms with Gasteiger partial charge < -0.3 is 4.90 Å². The maximum absolute atomic E-state index is 12.8. The number of aromatic nitrogens is 4. The van der Waals surface area contributed by atoms with Crippen LogP contribution < -0.4 is 0 Å². The largest absolute Gasteiger partial charge is 0.340 e. The van der Waals surface area contributed by atoms with Gasteiger partial charge in [0, 0.05) is 42.4 Å². The Morgan fingerprint density at radius 3 is 2.62 bits per heavy atom. The lowest BCUT2D eigenvalue weighted by atomic mass is 10.1. The number of nitro benzene ring substituents is 1. The number of carbonyl (C=O) groups is 1. The third-order valence-corrected chi connectivity index (χ3v) is 5.45. The molecule has 2 aromatic heterocycles. The number of hydrogen-bond donors (Lipinski definition) is 2. The van der Waals surface area contributed by atoms with E-state index >= 15 is 0 Å². The summed E-state index contributed by atoms with van der Waals surface area (Å²) in [6.45, 7) is 0.584. The smallest absolute Gasteiger partial charge is 0.274 e. The number of nitrogens with one attached hydrogen (secondary N) is 2. The van der Waals surface area contributed by atoms with Crippen molar-refractivity contribution in [2.75, 3.05) is 13.6 Å². The second-order valence-corrected chi connectivity index (χ2v) is 7.74. The summed E-state index contributed by atoms with van der Waals surface area (Å²) in [5, 5.41) is 25.8. The first-order valence-corrected chi connectivity index (χ1v) is 10.5. The summed E-state index contributed by atoms with van der Waals surface area (Å²) in [5.41, 5.74) is 3.87. The van der Waals surface area contributed by atoms with Gasteiger partial charge >= 0.3 is 0 Å². The van der Waals surface area contributed by atoms with Crippen LogP contribution in [0.4, 0.5) is 5.69 Å². The van der Waals surface area contributed by atoms with Gasteiger partial charge in [-0.15, -0.1) is 0 Å². The number of nitro groups is 1. The summed E-state index contributed by atoms with van der Waals surface area (Å²) in [6.07, 6.45) is 3.69. The van der Waals surface area contributed by atoms with Gasteiger partial charge in [0.05, 0.1) is 16.1 Å². The average molecular weight is 432 g/mol. The van der Waals surface area contributed by atoms with Crippen molar-refractivity contribution in [2.45, 2.75) is 25.7 Å². The number of aromatic amines is 2. The Kier molecular flexibility index (Phi) is 6.25. The number of unbranched alkanes of at least 4 members (excludes halogenated alkanes) is 2. The predicted octanol–water partition coefficient (Wildman–Crippen LogP) is 4.35. The van der Waals surface area contributed by atoms with E-state index in [9.17, 15) is 14.9 Å². The average Bonchev–Trinajstić information content (AvgIpc) is 3.45. The molecular formula is C23H24N6O3. The lowest BCUT2D eigenvalue weighted by Gasteiger charge is -2.15. The molecule has 2 aromatic carbocycles. The molecule has 164 valence electrons. The maximum Gasteiger partial charge on any atom is 0.274 e. The van der Waals surface area contributed by atoms with Crippen LogP contribution in [0, 0.1) is 10.1 Å². The molecule has 0 aliphatic rings. The van der Waals surface area contributed by atoms with Crippen LogP contribution in [0.5, 0.6) is 0 Å². The van der Waals surface area contributed by atoms with E-state index in [-0.39, 0.29) is 17.3 Å². The molecule has 0 radical (unpaired) electrons. The minimum Gasteiger partial charge on any atom is -0.340 e. The minimum absolute atomic E-state index is 0.0650. The monoisotopic (exact) mass is 432 g/mol. The van der Waals surface area contributed by atoms with Crippen molar-refractivity contribution in [1.82, 2.24) is 25.3 Å². The molecule has 0 fully saturated rings. The molecule has 0 aliphatic heterocycles. The van der Waals surface area contributed by atoms with Crippen LogP contribution in [0.2, 0.25) is 0 Å². The molecule has 9 heteroatoms. The number of non-ortho nitro benzene ring substituents is 1. The number of aryl methyl sites for hydroxylation is 1. The van der Waals surface area contributed by atoms with E-state index in [1.54, 1.807) is 18.0 Å². The van der Waals surface area contributed by atoms with Crippen molar-refractivity contribution < 1.29 is 9.72 Å². The van der Waals surface area contributed by atoms with E-state index in [0.29, 0.717) is 17.4 Å². The Bertz CT molecular complexity index is 1230. The number of hydrogen-bond acceptors (Lipinski definition) is 5. The zero-order valence-corrected chi connectivity index (χ0v) is 17.7. The summed E-state index contributed by atoms with van der Waals surface area (Å²) in [4.78, 5) is 24.9. The first kappa shape index (κ1) is 21.2. The van der Waals surface area contributed by atoms with E-state index in [4.69, 9.17) is 0 Å². The minimum atomic E-state index is -0.479. The Balaban J connectivity index is 1.26. The van der Waals surface area contributed by atoms with Crippen LogP contribution >= 0.6 is 0 Å². The highest BCUT2D eigenvalue weighted by atomic mass is 16.6. The zero-order valence-electron chi connectivity index (χ0n) is 17.7. The summed E-state index contributed by atoms with van der Waals surface area (Å²) in [7, 11) is 1.72. The molecule has 0 atom stereocenters. The number of rotatable bonds is 9. The van der Waals surface area contributed by atoms with Gasteiger partial charge in [0.15, 0.2) is 5.69 Å². The van der Waals surface area contributed by atoms with Crippen molar-refractivity contribution in [2.24, 2.45) is 0 Å². The highest BCUT2D eigenvalue weighted by Crippen LogP contribution is 2.23. The van der Waals surface area contributed by atoms with Gasteiger partial charge in [-0.05, 0) is 31.4 Å². The van der Waals surface area contributed by atoms with Gasteiger partial charge in [-0.25, -0.2) is 0 Å². The third kappa shape index (κ3) is 4.66. The Morgan fingerprint density at radius 1 is 1.03 bits per heavy atom. The number of benzene rings is 2. The van der Waals surface area contributed by atoms with Crippen molar-refractivity contribution in [3.05, 3.63) is 76.1 Å². The summed E-state index contributed by atoms with van der Waals surface area (Å²) in [6, 6.07) is 16.5. The standard InChI is InChI=1S/C23H24N6O3/c1-28(23(30)22-19-15-18(29(31)32)11-12-20(19)25-27-22)13-7-3-6-10-17-14-21(26-24-17)16-8-4-2-5-9-16/h2,4-5,8-9,11-12,14-15H,3,6-7,10,13H2,1H3,(H,24,26)(H,25,27). The van der Waals surface area contributed by atoms with Crippen LogP contribution in [0.25, 0.3) is 22.2 Å². The Hall–Kier alpha value is -4.01. The van der Waals surface area contributed by atoms with Crippen molar-refractivity contribution >= 4 is 22.5 Å². The van der Waals surface area contributed by atoms with E-state index in [0.717, 1.165) is 42.6 Å². The van der Waals surface area contributed by atoms with Crippen LogP contribution in [0.3, 0.4) is 0 Å². The lowest BCUT2D eigenvalue weighted by Crippen LogP contribution is -2.28. The van der Waals surface area contributed by atoms with E-state index < -0.39 is 4.92 Å². The van der Waals surface area contributed by atoms with Gasteiger partial charge in [0.1, 0.15) is 0 Å². The molecule has 0 saturated carbocycles. The van der Waals surface area contributed by atoms with Crippen LogP contribution in [-0.4, -0.2) is 49.7 Å². The fourth-order valence-corrected chi connectivity index (χ4v) is 3.65. The fourth-order valence-electron chi connectivity index (χ4n) is 3.65. The second kappa shape index (κ2) is 9.42. The highest BCUT2D eigenvalue weighted by molar-refractivity contribution is 6.05. The zero-order chi connectivity index (χ0) is 22.5. The highest BCUT2D eigenvalue weighted by Gasteiger charge is 2.20. The number of amides is 1. The third-order valence-electron chi connectivity index (χ3n) is 5.45. The molecule has 4 rings (SSSR count). The van der Waals surface area contributed by atoms with Gasteiger partial charge in [-0.3, -0.25) is 25.1 Å². The molecule has 1 amide bonds.